The summed E-state index contributed by atoms with van der Waals surface area (Å²) in [6.07, 6.45) is 0. The number of ether oxygens (including phenoxy) is 3. The highest BCUT2D eigenvalue weighted by Crippen LogP contribution is 2.29. The number of hydrogen-bond donors (Lipinski definition) is 2. The van der Waals surface area contributed by atoms with Crippen LogP contribution in [0.3, 0.4) is 0 Å². The van der Waals surface area contributed by atoms with Crippen molar-refractivity contribution in [3.63, 3.8) is 0 Å². The smallest absolute Gasteiger partial charge is 0.243 e. The molecule has 112 valence electrons. The maximum absolute atomic E-state index is 11.9. The summed E-state index contributed by atoms with van der Waals surface area (Å²) in [6.45, 7) is 4.97. The molecule has 0 saturated carbocycles. The first-order valence-corrected chi connectivity index (χ1v) is 6.57. The molecule has 0 saturated heterocycles. The van der Waals surface area contributed by atoms with Gasteiger partial charge in [0.05, 0.1) is 25.5 Å². The monoisotopic (exact) mass is 282 g/mol. The third-order valence-electron chi connectivity index (χ3n) is 2.50. The molecule has 20 heavy (non-hydrogen) atoms. The number of nitrogens with one attached hydrogen (secondary N) is 1. The van der Waals surface area contributed by atoms with Gasteiger partial charge in [-0.2, -0.15) is 0 Å². The van der Waals surface area contributed by atoms with E-state index in [1.54, 1.807) is 18.2 Å². The zero-order valence-electron chi connectivity index (χ0n) is 12.1. The maximum atomic E-state index is 11.9. The molecule has 0 fully saturated rings. The second-order valence-electron chi connectivity index (χ2n) is 4.08. The predicted molar refractivity (Wildman–Crippen MR) is 77.3 cm³/mol. The summed E-state index contributed by atoms with van der Waals surface area (Å²) in [5, 5.41) is 2.73. The van der Waals surface area contributed by atoms with Crippen molar-refractivity contribution in [3.05, 3.63) is 18.2 Å². The Bertz CT molecular complexity index is 437. The third kappa shape index (κ3) is 4.71. The van der Waals surface area contributed by atoms with Gasteiger partial charge in [-0.25, -0.2) is 0 Å². The van der Waals surface area contributed by atoms with Crippen LogP contribution in [0.25, 0.3) is 0 Å². The lowest BCUT2D eigenvalue weighted by molar-refractivity contribution is -0.118. The summed E-state index contributed by atoms with van der Waals surface area (Å²) in [5.41, 5.74) is 6.22. The Kier molecular flexibility index (Phi) is 6.83. The van der Waals surface area contributed by atoms with Crippen LogP contribution in [0.5, 0.6) is 11.5 Å². The fraction of sp³-hybridized carbons (Fsp3) is 0.500. The van der Waals surface area contributed by atoms with E-state index in [2.05, 4.69) is 5.32 Å². The molecule has 1 unspecified atom stereocenters. The van der Waals surface area contributed by atoms with Crippen molar-refractivity contribution in [2.75, 3.05) is 32.2 Å². The Morgan fingerprint density at radius 3 is 2.60 bits per heavy atom. The van der Waals surface area contributed by atoms with Gasteiger partial charge in [0.1, 0.15) is 17.5 Å². The molecule has 1 amide bonds. The van der Waals surface area contributed by atoms with Crippen LogP contribution in [0.1, 0.15) is 13.8 Å². The Hall–Kier alpha value is -1.79. The molecule has 6 heteroatoms. The third-order valence-corrected chi connectivity index (χ3v) is 2.50. The number of hydrogen-bond acceptors (Lipinski definition) is 5. The van der Waals surface area contributed by atoms with Crippen molar-refractivity contribution in [2.24, 2.45) is 5.73 Å². The van der Waals surface area contributed by atoms with Crippen LogP contribution in [0.15, 0.2) is 18.2 Å². The van der Waals surface area contributed by atoms with E-state index in [4.69, 9.17) is 19.9 Å². The average molecular weight is 282 g/mol. The lowest BCUT2D eigenvalue weighted by Crippen LogP contribution is -2.39. The van der Waals surface area contributed by atoms with E-state index >= 15 is 0 Å². The standard InChI is InChI=1S/C14H22N2O4/c1-4-19-10-6-7-13(20-5-2)12(8-10)16-14(17)11(15)9-18-3/h6-8,11H,4-5,9,15H2,1-3H3,(H,16,17). The first-order chi connectivity index (χ1) is 9.62. The number of rotatable bonds is 8. The fourth-order valence-electron chi connectivity index (χ4n) is 1.63. The SMILES string of the molecule is CCOc1ccc(OCC)c(NC(=O)C(N)COC)c1. The second kappa shape index (κ2) is 8.39. The molecule has 6 nitrogen and oxygen atoms in total. The Labute approximate surface area is 119 Å². The number of carbonyl (C=O) groups is 1. The molecule has 0 heterocycles. The maximum Gasteiger partial charge on any atom is 0.243 e. The highest BCUT2D eigenvalue weighted by atomic mass is 16.5. The molecular formula is C14H22N2O4. The van der Waals surface area contributed by atoms with Gasteiger partial charge in [0.25, 0.3) is 0 Å². The van der Waals surface area contributed by atoms with Crippen LogP contribution in [-0.2, 0) is 9.53 Å². The molecule has 0 aliphatic rings. The van der Waals surface area contributed by atoms with Crippen molar-refractivity contribution in [2.45, 2.75) is 19.9 Å². The van der Waals surface area contributed by atoms with Gasteiger partial charge in [0, 0.05) is 13.2 Å². The van der Waals surface area contributed by atoms with Gasteiger partial charge < -0.3 is 25.3 Å². The number of anilines is 1. The van der Waals surface area contributed by atoms with Crippen molar-refractivity contribution in [3.8, 4) is 11.5 Å². The topological polar surface area (TPSA) is 82.8 Å². The van der Waals surface area contributed by atoms with Crippen molar-refractivity contribution in [1.29, 1.82) is 0 Å². The zero-order chi connectivity index (χ0) is 15.0. The summed E-state index contributed by atoms with van der Waals surface area (Å²) in [4.78, 5) is 11.9. The molecule has 3 N–H and O–H groups in total. The average Bonchev–Trinajstić information content (AvgIpc) is 2.42. The molecule has 0 spiro atoms. The van der Waals surface area contributed by atoms with Crippen LogP contribution in [0.2, 0.25) is 0 Å². The first kappa shape index (κ1) is 16.3. The molecule has 0 radical (unpaired) electrons. The summed E-state index contributed by atoms with van der Waals surface area (Å²) in [7, 11) is 1.49. The minimum Gasteiger partial charge on any atom is -0.494 e. The van der Waals surface area contributed by atoms with Crippen molar-refractivity contribution in [1.82, 2.24) is 0 Å². The normalized spacial score (nSPS) is 11.8. The summed E-state index contributed by atoms with van der Waals surface area (Å²) in [5.74, 6) is 0.905. The predicted octanol–water partition coefficient (Wildman–Crippen LogP) is 1.40. The van der Waals surface area contributed by atoms with Gasteiger partial charge in [-0.05, 0) is 26.0 Å². The van der Waals surface area contributed by atoms with Crippen LogP contribution in [0.4, 0.5) is 5.69 Å². The molecular weight excluding hydrogens is 260 g/mol. The van der Waals surface area contributed by atoms with Crippen molar-refractivity contribution < 1.29 is 19.0 Å². The Balaban J connectivity index is 2.88. The lowest BCUT2D eigenvalue weighted by Gasteiger charge is -2.15. The number of nitrogens with two attached hydrogens (primary N) is 1. The molecule has 0 aliphatic carbocycles. The van der Waals surface area contributed by atoms with E-state index in [9.17, 15) is 4.79 Å². The van der Waals surface area contributed by atoms with E-state index in [0.717, 1.165) is 0 Å². The summed E-state index contributed by atoms with van der Waals surface area (Å²) in [6, 6.07) is 4.53. The Morgan fingerprint density at radius 2 is 2.00 bits per heavy atom. The van der Waals surface area contributed by atoms with Crippen LogP contribution in [0, 0.1) is 0 Å². The highest BCUT2D eigenvalue weighted by Gasteiger charge is 2.16. The zero-order valence-corrected chi connectivity index (χ0v) is 12.1. The van der Waals surface area contributed by atoms with E-state index in [1.165, 1.54) is 7.11 Å². The molecule has 0 aliphatic heterocycles. The molecule has 0 aromatic heterocycles. The number of carbonyl (C=O) groups excluding carboxylic acids is 1. The van der Waals surface area contributed by atoms with Crippen LogP contribution in [-0.4, -0.2) is 38.9 Å². The second-order valence-corrected chi connectivity index (χ2v) is 4.08. The molecule has 1 atom stereocenters. The van der Waals surface area contributed by atoms with Gasteiger partial charge in [0.15, 0.2) is 0 Å². The van der Waals surface area contributed by atoms with E-state index in [-0.39, 0.29) is 12.5 Å². The van der Waals surface area contributed by atoms with E-state index < -0.39 is 6.04 Å². The fourth-order valence-corrected chi connectivity index (χ4v) is 1.63. The van der Waals surface area contributed by atoms with Crippen LogP contribution < -0.4 is 20.5 Å². The molecule has 1 aromatic carbocycles. The Morgan fingerprint density at radius 1 is 1.30 bits per heavy atom. The van der Waals surface area contributed by atoms with E-state index in [0.29, 0.717) is 30.4 Å². The summed E-state index contributed by atoms with van der Waals surface area (Å²) < 4.78 is 15.7. The quantitative estimate of drug-likeness (QED) is 0.753. The highest BCUT2D eigenvalue weighted by molar-refractivity contribution is 5.96. The van der Waals surface area contributed by atoms with Crippen molar-refractivity contribution >= 4 is 11.6 Å². The number of methoxy groups -OCH3 is 1. The van der Waals surface area contributed by atoms with Gasteiger partial charge in [-0.1, -0.05) is 0 Å². The molecule has 1 rings (SSSR count). The first-order valence-electron chi connectivity index (χ1n) is 6.57. The molecule has 1 aromatic rings. The van der Waals surface area contributed by atoms with E-state index in [1.807, 2.05) is 13.8 Å². The minimum absolute atomic E-state index is 0.154. The lowest BCUT2D eigenvalue weighted by atomic mass is 10.2. The van der Waals surface area contributed by atoms with Gasteiger partial charge in [-0.15, -0.1) is 0 Å². The summed E-state index contributed by atoms with van der Waals surface area (Å²) >= 11 is 0. The van der Waals surface area contributed by atoms with Crippen LogP contribution >= 0.6 is 0 Å². The van der Waals surface area contributed by atoms with Gasteiger partial charge in [-0.3, -0.25) is 4.79 Å². The largest absolute Gasteiger partial charge is 0.494 e. The van der Waals surface area contributed by atoms with Gasteiger partial charge in [0.2, 0.25) is 5.91 Å². The number of amides is 1. The number of benzene rings is 1. The minimum atomic E-state index is -0.731. The molecule has 0 bridgehead atoms. The van der Waals surface area contributed by atoms with Gasteiger partial charge >= 0.3 is 0 Å².